The summed E-state index contributed by atoms with van der Waals surface area (Å²) in [7, 11) is 0. The number of piperidine rings is 1. The van der Waals surface area contributed by atoms with E-state index in [0.29, 0.717) is 19.5 Å². The van der Waals surface area contributed by atoms with Gasteiger partial charge in [0.25, 0.3) is 5.91 Å². The van der Waals surface area contributed by atoms with E-state index < -0.39 is 5.97 Å². The number of hydrogen-bond acceptors (Lipinski definition) is 4. The molecule has 1 atom stereocenters. The summed E-state index contributed by atoms with van der Waals surface area (Å²) in [4.78, 5) is 24.8. The first-order valence-electron chi connectivity index (χ1n) is 7.45. The molecular formula is C15H22N2O4. The van der Waals surface area contributed by atoms with E-state index in [2.05, 4.69) is 5.16 Å². The average Bonchev–Trinajstić information content (AvgIpc) is 2.94. The molecule has 2 rings (SSSR count). The van der Waals surface area contributed by atoms with Gasteiger partial charge in [-0.25, -0.2) is 0 Å². The predicted octanol–water partition coefficient (Wildman–Crippen LogP) is 2.52. The van der Waals surface area contributed by atoms with Crippen molar-refractivity contribution in [2.75, 3.05) is 13.1 Å². The van der Waals surface area contributed by atoms with Crippen molar-refractivity contribution < 1.29 is 19.2 Å². The van der Waals surface area contributed by atoms with E-state index in [1.807, 2.05) is 13.8 Å². The molecule has 1 aromatic heterocycles. The third-order valence-electron chi connectivity index (χ3n) is 3.90. The number of aliphatic carboxylic acids is 1. The molecule has 1 aliphatic heterocycles. The second-order valence-electron chi connectivity index (χ2n) is 5.96. The number of rotatable bonds is 5. The normalized spacial score (nSPS) is 19.0. The number of amides is 1. The second kappa shape index (κ2) is 6.74. The molecule has 6 nitrogen and oxygen atoms in total. The highest BCUT2D eigenvalue weighted by molar-refractivity contribution is 5.91. The fourth-order valence-corrected chi connectivity index (χ4v) is 2.63. The highest BCUT2D eigenvalue weighted by Gasteiger charge is 2.27. The summed E-state index contributed by atoms with van der Waals surface area (Å²) in [6.07, 6.45) is 2.66. The van der Waals surface area contributed by atoms with Crippen molar-refractivity contribution in [1.29, 1.82) is 0 Å². The zero-order valence-corrected chi connectivity index (χ0v) is 12.5. The Morgan fingerprint density at radius 1 is 1.52 bits per heavy atom. The number of aromatic nitrogens is 1. The molecule has 2 heterocycles. The summed E-state index contributed by atoms with van der Waals surface area (Å²) in [6.45, 7) is 5.29. The summed E-state index contributed by atoms with van der Waals surface area (Å²) in [5, 5.41) is 12.7. The van der Waals surface area contributed by atoms with Crippen molar-refractivity contribution in [2.45, 2.75) is 45.4 Å². The van der Waals surface area contributed by atoms with Crippen LogP contribution in [0.25, 0.3) is 0 Å². The van der Waals surface area contributed by atoms with Crippen molar-refractivity contribution in [3.63, 3.8) is 0 Å². The second-order valence-corrected chi connectivity index (χ2v) is 5.96. The van der Waals surface area contributed by atoms with E-state index in [4.69, 9.17) is 9.63 Å². The summed E-state index contributed by atoms with van der Waals surface area (Å²) in [5.74, 6) is -0.173. The maximum atomic E-state index is 12.4. The van der Waals surface area contributed by atoms with E-state index in [9.17, 15) is 9.59 Å². The highest BCUT2D eigenvalue weighted by Crippen LogP contribution is 2.23. The van der Waals surface area contributed by atoms with Crippen LogP contribution in [0.3, 0.4) is 0 Å². The first-order chi connectivity index (χ1) is 9.97. The Balaban J connectivity index is 1.96. The predicted molar refractivity (Wildman–Crippen MR) is 76.1 cm³/mol. The van der Waals surface area contributed by atoms with Gasteiger partial charge < -0.3 is 14.5 Å². The minimum absolute atomic E-state index is 0.144. The third-order valence-corrected chi connectivity index (χ3v) is 3.90. The minimum atomic E-state index is -0.782. The Hall–Kier alpha value is -1.85. The highest BCUT2D eigenvalue weighted by atomic mass is 16.5. The monoisotopic (exact) mass is 294 g/mol. The van der Waals surface area contributed by atoms with Crippen LogP contribution in [-0.4, -0.2) is 40.1 Å². The van der Waals surface area contributed by atoms with Gasteiger partial charge in [0.2, 0.25) is 5.76 Å². The SMILES string of the molecule is CC(C)c1cc(C(=O)N2CCCC(CCC(=O)O)C2)on1. The van der Waals surface area contributed by atoms with Gasteiger partial charge in [0.05, 0.1) is 5.69 Å². The molecule has 6 heteroatoms. The lowest BCUT2D eigenvalue weighted by atomic mass is 9.93. The van der Waals surface area contributed by atoms with E-state index >= 15 is 0 Å². The number of carbonyl (C=O) groups is 2. The molecule has 1 unspecified atom stereocenters. The Kier molecular flexibility index (Phi) is 4.98. The molecule has 0 radical (unpaired) electrons. The molecule has 0 saturated carbocycles. The molecule has 1 N–H and O–H groups in total. The van der Waals surface area contributed by atoms with E-state index in [-0.39, 0.29) is 29.9 Å². The Bertz CT molecular complexity index is 510. The summed E-state index contributed by atoms with van der Waals surface area (Å²) < 4.78 is 5.14. The van der Waals surface area contributed by atoms with Gasteiger partial charge in [-0.15, -0.1) is 0 Å². The number of nitrogens with zero attached hydrogens (tertiary/aromatic N) is 2. The molecular weight excluding hydrogens is 272 g/mol. The zero-order chi connectivity index (χ0) is 15.4. The smallest absolute Gasteiger partial charge is 0.303 e. The number of carboxylic acids is 1. The van der Waals surface area contributed by atoms with Crippen molar-refractivity contribution in [3.05, 3.63) is 17.5 Å². The molecule has 1 amide bonds. The van der Waals surface area contributed by atoms with Crippen LogP contribution < -0.4 is 0 Å². The van der Waals surface area contributed by atoms with Gasteiger partial charge in [-0.3, -0.25) is 9.59 Å². The topological polar surface area (TPSA) is 83.6 Å². The van der Waals surface area contributed by atoms with Crippen LogP contribution in [0.4, 0.5) is 0 Å². The maximum Gasteiger partial charge on any atom is 0.303 e. The van der Waals surface area contributed by atoms with Crippen LogP contribution in [0.5, 0.6) is 0 Å². The Morgan fingerprint density at radius 3 is 2.90 bits per heavy atom. The van der Waals surface area contributed by atoms with Crippen LogP contribution in [0.15, 0.2) is 10.6 Å². The Morgan fingerprint density at radius 2 is 2.29 bits per heavy atom. The van der Waals surface area contributed by atoms with Gasteiger partial charge in [-0.1, -0.05) is 19.0 Å². The lowest BCUT2D eigenvalue weighted by Crippen LogP contribution is -2.39. The van der Waals surface area contributed by atoms with Gasteiger partial charge >= 0.3 is 5.97 Å². The average molecular weight is 294 g/mol. The quantitative estimate of drug-likeness (QED) is 0.902. The molecule has 1 saturated heterocycles. The molecule has 1 aliphatic rings. The van der Waals surface area contributed by atoms with Crippen molar-refractivity contribution >= 4 is 11.9 Å². The Labute approximate surface area is 124 Å². The van der Waals surface area contributed by atoms with Crippen LogP contribution in [0, 0.1) is 5.92 Å². The molecule has 116 valence electrons. The van der Waals surface area contributed by atoms with Crippen LogP contribution in [-0.2, 0) is 4.79 Å². The lowest BCUT2D eigenvalue weighted by molar-refractivity contribution is -0.137. The van der Waals surface area contributed by atoms with Crippen molar-refractivity contribution in [1.82, 2.24) is 10.1 Å². The summed E-state index contributed by atoms with van der Waals surface area (Å²) in [6, 6.07) is 1.70. The number of likely N-dealkylation sites (tertiary alicyclic amines) is 1. The fraction of sp³-hybridized carbons (Fsp3) is 0.667. The maximum absolute atomic E-state index is 12.4. The minimum Gasteiger partial charge on any atom is -0.481 e. The molecule has 0 aliphatic carbocycles. The molecule has 21 heavy (non-hydrogen) atoms. The molecule has 0 aromatic carbocycles. The van der Waals surface area contributed by atoms with Gasteiger partial charge in [-0.2, -0.15) is 0 Å². The van der Waals surface area contributed by atoms with Crippen LogP contribution in [0.2, 0.25) is 0 Å². The first kappa shape index (κ1) is 15.5. The van der Waals surface area contributed by atoms with Crippen LogP contribution in [0.1, 0.15) is 61.7 Å². The standard InChI is InChI=1S/C15H22N2O4/c1-10(2)12-8-13(21-16-12)15(20)17-7-3-4-11(9-17)5-6-14(18)19/h8,10-11H,3-7,9H2,1-2H3,(H,18,19). The summed E-state index contributed by atoms with van der Waals surface area (Å²) in [5.41, 5.74) is 0.776. The molecule has 1 aromatic rings. The van der Waals surface area contributed by atoms with Crippen LogP contribution >= 0.6 is 0 Å². The largest absolute Gasteiger partial charge is 0.481 e. The number of carbonyl (C=O) groups excluding carboxylic acids is 1. The van der Waals surface area contributed by atoms with Crippen molar-refractivity contribution in [3.8, 4) is 0 Å². The number of carboxylic acid groups (broad SMARTS) is 1. The number of hydrogen-bond donors (Lipinski definition) is 1. The third kappa shape index (κ3) is 4.06. The zero-order valence-electron chi connectivity index (χ0n) is 12.5. The molecule has 1 fully saturated rings. The molecule has 0 spiro atoms. The van der Waals surface area contributed by atoms with Gasteiger partial charge in [-0.05, 0) is 31.1 Å². The van der Waals surface area contributed by atoms with Gasteiger partial charge in [0, 0.05) is 25.6 Å². The van der Waals surface area contributed by atoms with Crippen molar-refractivity contribution in [2.24, 2.45) is 5.92 Å². The van der Waals surface area contributed by atoms with Gasteiger partial charge in [0.1, 0.15) is 0 Å². The van der Waals surface area contributed by atoms with Gasteiger partial charge in [0.15, 0.2) is 0 Å². The fourth-order valence-electron chi connectivity index (χ4n) is 2.63. The first-order valence-corrected chi connectivity index (χ1v) is 7.45. The summed E-state index contributed by atoms with van der Waals surface area (Å²) >= 11 is 0. The van der Waals surface area contributed by atoms with E-state index in [1.54, 1.807) is 11.0 Å². The van der Waals surface area contributed by atoms with E-state index in [1.165, 1.54) is 0 Å². The molecule has 0 bridgehead atoms. The van der Waals surface area contributed by atoms with E-state index in [0.717, 1.165) is 18.5 Å². The lowest BCUT2D eigenvalue weighted by Gasteiger charge is -2.31.